The number of amides is 1. The molecule has 22 heavy (non-hydrogen) atoms. The Morgan fingerprint density at radius 2 is 2.14 bits per heavy atom. The van der Waals surface area contributed by atoms with Gasteiger partial charge >= 0.3 is 0 Å². The summed E-state index contributed by atoms with van der Waals surface area (Å²) in [5, 5.41) is 2.72. The number of hydrogen-bond donors (Lipinski definition) is 3. The average Bonchev–Trinajstić information content (AvgIpc) is 2.88. The summed E-state index contributed by atoms with van der Waals surface area (Å²) >= 11 is 6.64. The molecule has 1 unspecified atom stereocenters. The second kappa shape index (κ2) is 10.4. The summed E-state index contributed by atoms with van der Waals surface area (Å²) in [4.78, 5) is 11.7. The molecule has 4 N–H and O–H groups in total. The first-order valence-corrected chi connectivity index (χ1v) is 9.31. The fourth-order valence-electron chi connectivity index (χ4n) is 1.65. The van der Waals surface area contributed by atoms with E-state index < -0.39 is 15.9 Å². The van der Waals surface area contributed by atoms with Gasteiger partial charge in [-0.3, -0.25) is 4.79 Å². The van der Waals surface area contributed by atoms with Crippen LogP contribution in [0.5, 0.6) is 0 Å². The molecule has 0 aliphatic rings. The van der Waals surface area contributed by atoms with Crippen LogP contribution in [0.3, 0.4) is 0 Å². The van der Waals surface area contributed by atoms with Crippen LogP contribution in [0.1, 0.15) is 26.2 Å². The maximum atomic E-state index is 11.9. The van der Waals surface area contributed by atoms with E-state index in [1.54, 1.807) is 0 Å². The SMILES string of the molecule is CCCCC(CN)NC(=O)CNS(=O)(=O)c1ccc(Cl)s1.Cl. The lowest BCUT2D eigenvalue weighted by Gasteiger charge is -2.16. The Hall–Kier alpha value is -0.380. The minimum absolute atomic E-state index is 0. The predicted octanol–water partition coefficient (Wildman–Crippen LogP) is 1.74. The Balaban J connectivity index is 0.00000441. The first-order valence-electron chi connectivity index (χ1n) is 6.63. The highest BCUT2D eigenvalue weighted by molar-refractivity contribution is 7.91. The molecular weight excluding hydrogens is 369 g/mol. The summed E-state index contributed by atoms with van der Waals surface area (Å²) in [6.45, 7) is 2.06. The first-order chi connectivity index (χ1) is 9.89. The molecule has 10 heteroatoms. The lowest BCUT2D eigenvalue weighted by molar-refractivity contribution is -0.120. The Kier molecular flexibility index (Phi) is 10.2. The van der Waals surface area contributed by atoms with Crippen molar-refractivity contribution in [3.63, 3.8) is 0 Å². The van der Waals surface area contributed by atoms with Crippen LogP contribution in [0.4, 0.5) is 0 Å². The van der Waals surface area contributed by atoms with Crippen LogP contribution in [-0.2, 0) is 14.8 Å². The highest BCUT2D eigenvalue weighted by Gasteiger charge is 2.18. The summed E-state index contributed by atoms with van der Waals surface area (Å²) in [6, 6.07) is 2.77. The number of thiophene rings is 1. The highest BCUT2D eigenvalue weighted by atomic mass is 35.5. The molecular formula is C12H21Cl2N3O3S2. The third kappa shape index (κ3) is 7.26. The predicted molar refractivity (Wildman–Crippen MR) is 92.3 cm³/mol. The third-order valence-corrected chi connectivity index (χ3v) is 5.92. The number of unbranched alkanes of at least 4 members (excludes halogenated alkanes) is 1. The van der Waals surface area contributed by atoms with Gasteiger partial charge in [-0.25, -0.2) is 13.1 Å². The van der Waals surface area contributed by atoms with Gasteiger partial charge in [-0.2, -0.15) is 0 Å². The molecule has 0 saturated heterocycles. The summed E-state index contributed by atoms with van der Waals surface area (Å²) in [7, 11) is -3.70. The second-order valence-electron chi connectivity index (χ2n) is 4.53. The minimum atomic E-state index is -3.70. The number of nitrogens with two attached hydrogens (primary N) is 1. The number of carbonyl (C=O) groups is 1. The van der Waals surface area contributed by atoms with E-state index >= 15 is 0 Å². The van der Waals surface area contributed by atoms with Crippen LogP contribution < -0.4 is 15.8 Å². The van der Waals surface area contributed by atoms with E-state index in [1.807, 2.05) is 0 Å². The molecule has 1 aromatic heterocycles. The van der Waals surface area contributed by atoms with Crippen molar-refractivity contribution < 1.29 is 13.2 Å². The number of sulfonamides is 1. The zero-order valence-corrected chi connectivity index (χ0v) is 15.4. The summed E-state index contributed by atoms with van der Waals surface area (Å²) in [5.41, 5.74) is 5.57. The van der Waals surface area contributed by atoms with Crippen molar-refractivity contribution in [3.05, 3.63) is 16.5 Å². The summed E-state index contributed by atoms with van der Waals surface area (Å²) < 4.78 is 26.5. The average molecular weight is 390 g/mol. The van der Waals surface area contributed by atoms with E-state index in [0.29, 0.717) is 10.9 Å². The lowest BCUT2D eigenvalue weighted by Crippen LogP contribution is -2.44. The number of nitrogens with one attached hydrogen (secondary N) is 2. The number of hydrogen-bond acceptors (Lipinski definition) is 5. The number of carbonyl (C=O) groups excluding carboxylic acids is 1. The van der Waals surface area contributed by atoms with Gasteiger partial charge < -0.3 is 11.1 Å². The summed E-state index contributed by atoms with van der Waals surface area (Å²) in [5.74, 6) is -0.396. The Morgan fingerprint density at radius 3 is 2.64 bits per heavy atom. The Bertz CT molecular complexity index is 564. The van der Waals surface area contributed by atoms with E-state index in [1.165, 1.54) is 12.1 Å². The summed E-state index contributed by atoms with van der Waals surface area (Å²) in [6.07, 6.45) is 2.76. The van der Waals surface area contributed by atoms with Gasteiger partial charge in [0, 0.05) is 12.6 Å². The molecule has 1 amide bonds. The standard InChI is InChI=1S/C12H20ClN3O3S2.ClH/c1-2-3-4-9(7-14)16-11(17)8-15-21(18,19)12-6-5-10(13)20-12;/h5-6,9,15H,2-4,7-8,14H2,1H3,(H,16,17);1H. The fraction of sp³-hybridized carbons (Fsp3) is 0.583. The van der Waals surface area contributed by atoms with Gasteiger partial charge in [0.2, 0.25) is 5.91 Å². The minimum Gasteiger partial charge on any atom is -0.351 e. The molecule has 1 atom stereocenters. The quantitative estimate of drug-likeness (QED) is 0.598. The maximum absolute atomic E-state index is 11.9. The number of rotatable bonds is 9. The van der Waals surface area contributed by atoms with Crippen LogP contribution >= 0.6 is 35.3 Å². The normalized spacial score (nSPS) is 12.5. The van der Waals surface area contributed by atoms with Gasteiger partial charge in [0.1, 0.15) is 4.21 Å². The molecule has 0 bridgehead atoms. The van der Waals surface area contributed by atoms with Crippen LogP contribution in [0.25, 0.3) is 0 Å². The molecule has 0 spiro atoms. The zero-order valence-electron chi connectivity index (χ0n) is 12.2. The van der Waals surface area contributed by atoms with Gasteiger partial charge in [0.25, 0.3) is 10.0 Å². The Morgan fingerprint density at radius 1 is 1.45 bits per heavy atom. The van der Waals surface area contributed by atoms with Gasteiger partial charge in [-0.15, -0.1) is 23.7 Å². The molecule has 1 heterocycles. The fourth-order valence-corrected chi connectivity index (χ4v) is 4.16. The van der Waals surface area contributed by atoms with Crippen molar-refractivity contribution in [2.75, 3.05) is 13.1 Å². The highest BCUT2D eigenvalue weighted by Crippen LogP contribution is 2.25. The molecule has 0 aromatic carbocycles. The van der Waals surface area contributed by atoms with E-state index in [9.17, 15) is 13.2 Å². The monoisotopic (exact) mass is 389 g/mol. The van der Waals surface area contributed by atoms with Crippen LogP contribution in [-0.4, -0.2) is 33.5 Å². The Labute approximate surface area is 146 Å². The van der Waals surface area contributed by atoms with Crippen molar-refractivity contribution in [2.45, 2.75) is 36.4 Å². The molecule has 0 radical (unpaired) electrons. The van der Waals surface area contributed by atoms with Crippen LogP contribution in [0, 0.1) is 0 Å². The zero-order chi connectivity index (χ0) is 15.9. The molecule has 0 aliphatic heterocycles. The van der Waals surface area contributed by atoms with Gasteiger partial charge in [0.05, 0.1) is 10.9 Å². The van der Waals surface area contributed by atoms with Crippen molar-refractivity contribution in [1.82, 2.24) is 10.0 Å². The van der Waals surface area contributed by atoms with E-state index in [-0.39, 0.29) is 29.2 Å². The first kappa shape index (κ1) is 21.6. The van der Waals surface area contributed by atoms with E-state index in [2.05, 4.69) is 17.0 Å². The number of halogens is 2. The van der Waals surface area contributed by atoms with Crippen molar-refractivity contribution >= 4 is 51.3 Å². The molecule has 1 aromatic rings. The smallest absolute Gasteiger partial charge is 0.250 e. The van der Waals surface area contributed by atoms with Crippen molar-refractivity contribution in [3.8, 4) is 0 Å². The largest absolute Gasteiger partial charge is 0.351 e. The molecule has 6 nitrogen and oxygen atoms in total. The topological polar surface area (TPSA) is 101 Å². The molecule has 0 aliphatic carbocycles. The van der Waals surface area contributed by atoms with Gasteiger partial charge in [-0.05, 0) is 18.6 Å². The second-order valence-corrected chi connectivity index (χ2v) is 8.23. The van der Waals surface area contributed by atoms with Crippen LogP contribution in [0.2, 0.25) is 4.34 Å². The van der Waals surface area contributed by atoms with Crippen molar-refractivity contribution in [1.29, 1.82) is 0 Å². The van der Waals surface area contributed by atoms with Crippen LogP contribution in [0.15, 0.2) is 16.3 Å². The molecule has 128 valence electrons. The van der Waals surface area contributed by atoms with Gasteiger partial charge in [-0.1, -0.05) is 31.4 Å². The maximum Gasteiger partial charge on any atom is 0.250 e. The molecule has 1 rings (SSSR count). The van der Waals surface area contributed by atoms with E-state index in [4.69, 9.17) is 17.3 Å². The lowest BCUT2D eigenvalue weighted by atomic mass is 10.1. The van der Waals surface area contributed by atoms with Gasteiger partial charge in [0.15, 0.2) is 0 Å². The third-order valence-electron chi connectivity index (χ3n) is 2.79. The molecule has 0 saturated carbocycles. The van der Waals surface area contributed by atoms with Crippen molar-refractivity contribution in [2.24, 2.45) is 5.73 Å². The van der Waals surface area contributed by atoms with E-state index in [0.717, 1.165) is 30.6 Å². The molecule has 0 fully saturated rings.